The van der Waals surface area contributed by atoms with E-state index in [2.05, 4.69) is 5.32 Å². The number of hydrogen-bond donors (Lipinski definition) is 1. The van der Waals surface area contributed by atoms with Crippen LogP contribution in [0.1, 0.15) is 44.3 Å². The molecule has 7 heteroatoms. The minimum atomic E-state index is -0.538. The Bertz CT molecular complexity index is 1170. The first-order valence-electron chi connectivity index (χ1n) is 10.1. The number of nitrogens with zero attached hydrogens (tertiary/aromatic N) is 2. The van der Waals surface area contributed by atoms with E-state index < -0.39 is 5.82 Å². The van der Waals surface area contributed by atoms with Crippen LogP contribution < -0.4 is 10.9 Å². The van der Waals surface area contributed by atoms with E-state index in [0.29, 0.717) is 17.6 Å². The van der Waals surface area contributed by atoms with Gasteiger partial charge in [0, 0.05) is 29.9 Å². The molecule has 0 radical (unpaired) electrons. The number of amides is 2. The highest BCUT2D eigenvalue weighted by atomic mass is 35.5. The molecule has 1 unspecified atom stereocenters. The van der Waals surface area contributed by atoms with Crippen LogP contribution in [0.15, 0.2) is 53.5 Å². The van der Waals surface area contributed by atoms with Gasteiger partial charge in [-0.25, -0.2) is 9.18 Å². The van der Waals surface area contributed by atoms with Crippen molar-refractivity contribution in [1.29, 1.82) is 0 Å². The van der Waals surface area contributed by atoms with Gasteiger partial charge in [-0.3, -0.25) is 4.79 Å². The maximum Gasteiger partial charge on any atom is 0.322 e. The molecule has 1 saturated carbocycles. The normalized spacial score (nSPS) is 14.5. The van der Waals surface area contributed by atoms with Crippen molar-refractivity contribution in [3.63, 3.8) is 0 Å². The molecule has 1 aliphatic carbocycles. The average molecular weight is 428 g/mol. The average Bonchev–Trinajstić information content (AvgIpc) is 3.57. The SMILES string of the molecule is CCN(C(=O)Nc1ccc(F)c(Cl)c1)C(C)c1cn(C2CC2)c(=O)c2ccccc12. The second kappa shape index (κ2) is 8.11. The zero-order valence-corrected chi connectivity index (χ0v) is 17.6. The minimum Gasteiger partial charge on any atom is -0.318 e. The molecule has 1 fully saturated rings. The van der Waals surface area contributed by atoms with E-state index in [4.69, 9.17) is 11.6 Å². The van der Waals surface area contributed by atoms with E-state index in [-0.39, 0.29) is 28.7 Å². The molecular formula is C23H23ClFN3O2. The van der Waals surface area contributed by atoms with Crippen molar-refractivity contribution in [1.82, 2.24) is 9.47 Å². The van der Waals surface area contributed by atoms with Crippen LogP contribution in [0, 0.1) is 5.82 Å². The molecule has 5 nitrogen and oxygen atoms in total. The lowest BCUT2D eigenvalue weighted by atomic mass is 10.0. The monoisotopic (exact) mass is 427 g/mol. The summed E-state index contributed by atoms with van der Waals surface area (Å²) in [6, 6.07) is 11.2. The maximum absolute atomic E-state index is 13.4. The molecule has 2 aromatic carbocycles. The quantitative estimate of drug-likeness (QED) is 0.564. The number of benzene rings is 2. The summed E-state index contributed by atoms with van der Waals surface area (Å²) < 4.78 is 15.2. The maximum atomic E-state index is 13.4. The van der Waals surface area contributed by atoms with Gasteiger partial charge in [0.25, 0.3) is 5.56 Å². The second-order valence-electron chi connectivity index (χ2n) is 7.59. The third kappa shape index (κ3) is 3.79. The van der Waals surface area contributed by atoms with Crippen molar-refractivity contribution >= 4 is 34.1 Å². The number of hydrogen-bond acceptors (Lipinski definition) is 2. The number of fused-ring (bicyclic) bond motifs is 1. The van der Waals surface area contributed by atoms with Crippen LogP contribution in [0.25, 0.3) is 10.8 Å². The van der Waals surface area contributed by atoms with Crippen LogP contribution in [0.4, 0.5) is 14.9 Å². The standard InChI is InChI=1S/C23H23ClFN3O2/c1-3-27(23(30)26-15-8-11-21(25)20(24)12-15)14(2)19-13-28(16-9-10-16)22(29)18-7-5-4-6-17(18)19/h4-8,11-14,16H,3,9-10H2,1-2H3,(H,26,30). The van der Waals surface area contributed by atoms with Gasteiger partial charge in [0.05, 0.1) is 11.1 Å². The fourth-order valence-electron chi connectivity index (χ4n) is 3.83. The number of nitrogens with one attached hydrogen (secondary N) is 1. The van der Waals surface area contributed by atoms with Crippen molar-refractivity contribution < 1.29 is 9.18 Å². The smallest absolute Gasteiger partial charge is 0.318 e. The van der Waals surface area contributed by atoms with Crippen LogP contribution in [0.5, 0.6) is 0 Å². The molecule has 1 heterocycles. The molecule has 3 aromatic rings. The van der Waals surface area contributed by atoms with Crippen molar-refractivity contribution in [3.8, 4) is 0 Å². The summed E-state index contributed by atoms with van der Waals surface area (Å²) in [5.41, 5.74) is 1.36. The summed E-state index contributed by atoms with van der Waals surface area (Å²) >= 11 is 5.83. The van der Waals surface area contributed by atoms with Crippen molar-refractivity contribution in [2.75, 3.05) is 11.9 Å². The van der Waals surface area contributed by atoms with E-state index in [1.165, 1.54) is 18.2 Å². The number of rotatable bonds is 5. The van der Waals surface area contributed by atoms with Crippen LogP contribution in [0.2, 0.25) is 5.02 Å². The number of anilines is 1. The van der Waals surface area contributed by atoms with Crippen molar-refractivity contribution in [3.05, 3.63) is 75.4 Å². The van der Waals surface area contributed by atoms with Gasteiger partial charge in [-0.15, -0.1) is 0 Å². The lowest BCUT2D eigenvalue weighted by molar-refractivity contribution is 0.197. The Balaban J connectivity index is 1.69. The number of aromatic nitrogens is 1. The van der Waals surface area contributed by atoms with Crippen molar-refractivity contribution in [2.24, 2.45) is 0 Å². The lowest BCUT2D eigenvalue weighted by Crippen LogP contribution is -2.37. The molecule has 1 N–H and O–H groups in total. The van der Waals surface area contributed by atoms with Gasteiger partial charge in [0.1, 0.15) is 5.82 Å². The number of halogens is 2. The predicted octanol–water partition coefficient (Wildman–Crippen LogP) is 5.74. The molecule has 156 valence electrons. The highest BCUT2D eigenvalue weighted by Gasteiger charge is 2.28. The summed E-state index contributed by atoms with van der Waals surface area (Å²) in [5.74, 6) is -0.538. The molecule has 4 rings (SSSR count). The van der Waals surface area contributed by atoms with Crippen LogP contribution in [-0.4, -0.2) is 22.0 Å². The Kier molecular flexibility index (Phi) is 5.52. The number of urea groups is 1. The topological polar surface area (TPSA) is 54.3 Å². The third-order valence-corrected chi connectivity index (χ3v) is 5.90. The van der Waals surface area contributed by atoms with E-state index >= 15 is 0 Å². The summed E-state index contributed by atoms with van der Waals surface area (Å²) in [7, 11) is 0. The summed E-state index contributed by atoms with van der Waals surface area (Å²) in [6.45, 7) is 4.30. The Hall–Kier alpha value is -2.86. The van der Waals surface area contributed by atoms with Gasteiger partial charge in [-0.2, -0.15) is 0 Å². The first-order valence-corrected chi connectivity index (χ1v) is 10.4. The zero-order chi connectivity index (χ0) is 21.4. The molecule has 30 heavy (non-hydrogen) atoms. The van der Waals surface area contributed by atoms with Gasteiger partial charge >= 0.3 is 6.03 Å². The van der Waals surface area contributed by atoms with E-state index in [1.54, 1.807) is 9.47 Å². The Morgan fingerprint density at radius 2 is 1.97 bits per heavy atom. The first-order chi connectivity index (χ1) is 14.4. The molecule has 0 aliphatic heterocycles. The predicted molar refractivity (Wildman–Crippen MR) is 118 cm³/mol. The molecule has 0 bridgehead atoms. The number of carbonyl (C=O) groups is 1. The van der Waals surface area contributed by atoms with Gasteiger partial charge in [-0.05, 0) is 61.9 Å². The Labute approximate surface area is 179 Å². The lowest BCUT2D eigenvalue weighted by Gasteiger charge is -2.30. The fraction of sp³-hybridized carbons (Fsp3) is 0.304. The first kappa shape index (κ1) is 20.4. The number of carbonyl (C=O) groups excluding carboxylic acids is 1. The third-order valence-electron chi connectivity index (χ3n) is 5.61. The van der Waals surface area contributed by atoms with Crippen LogP contribution in [0.3, 0.4) is 0 Å². The largest absolute Gasteiger partial charge is 0.322 e. The fourth-order valence-corrected chi connectivity index (χ4v) is 4.01. The highest BCUT2D eigenvalue weighted by molar-refractivity contribution is 6.31. The van der Waals surface area contributed by atoms with E-state index in [9.17, 15) is 14.0 Å². The molecular weight excluding hydrogens is 405 g/mol. The molecule has 0 spiro atoms. The summed E-state index contributed by atoms with van der Waals surface area (Å²) in [5, 5.41) is 4.25. The van der Waals surface area contributed by atoms with Crippen LogP contribution in [-0.2, 0) is 0 Å². The van der Waals surface area contributed by atoms with E-state index in [0.717, 1.165) is 23.8 Å². The van der Waals surface area contributed by atoms with Crippen LogP contribution >= 0.6 is 11.6 Å². The second-order valence-corrected chi connectivity index (χ2v) is 8.00. The zero-order valence-electron chi connectivity index (χ0n) is 16.9. The highest BCUT2D eigenvalue weighted by Crippen LogP contribution is 2.36. The molecule has 0 saturated heterocycles. The summed E-state index contributed by atoms with van der Waals surface area (Å²) in [6.07, 6.45) is 3.89. The van der Waals surface area contributed by atoms with Gasteiger partial charge in [0.2, 0.25) is 0 Å². The Morgan fingerprint density at radius 1 is 1.27 bits per heavy atom. The summed E-state index contributed by atoms with van der Waals surface area (Å²) in [4.78, 5) is 27.6. The molecule has 2 amide bonds. The van der Waals surface area contributed by atoms with Crippen molar-refractivity contribution in [2.45, 2.75) is 38.8 Å². The Morgan fingerprint density at radius 3 is 2.60 bits per heavy atom. The molecule has 1 atom stereocenters. The molecule has 1 aliphatic rings. The molecule has 1 aromatic heterocycles. The van der Waals surface area contributed by atoms with Gasteiger partial charge in [0.15, 0.2) is 0 Å². The van der Waals surface area contributed by atoms with E-state index in [1.807, 2.05) is 44.3 Å². The number of pyridine rings is 1. The minimum absolute atomic E-state index is 0.0116. The van der Waals surface area contributed by atoms with Gasteiger partial charge < -0.3 is 14.8 Å². The van der Waals surface area contributed by atoms with Gasteiger partial charge in [-0.1, -0.05) is 29.8 Å².